The summed E-state index contributed by atoms with van der Waals surface area (Å²) in [6, 6.07) is 5.94. The first-order valence-electron chi connectivity index (χ1n) is 8.37. The van der Waals surface area contributed by atoms with Gasteiger partial charge in [0.2, 0.25) is 0 Å². The predicted molar refractivity (Wildman–Crippen MR) is 105 cm³/mol. The van der Waals surface area contributed by atoms with Crippen molar-refractivity contribution in [2.75, 3.05) is 11.9 Å². The SMILES string of the molecule is Cc1nc(NCc2cccc(C(F)F)c2F)c2cc(I)c3c(c2n1)CCO3. The van der Waals surface area contributed by atoms with E-state index in [1.54, 1.807) is 6.92 Å². The molecule has 2 aromatic carbocycles. The van der Waals surface area contributed by atoms with Crippen LogP contribution < -0.4 is 10.1 Å². The van der Waals surface area contributed by atoms with Crippen LogP contribution in [0.4, 0.5) is 19.0 Å². The Balaban J connectivity index is 1.73. The van der Waals surface area contributed by atoms with Gasteiger partial charge in [-0.25, -0.2) is 23.1 Å². The maximum atomic E-state index is 14.3. The molecule has 0 fully saturated rings. The summed E-state index contributed by atoms with van der Waals surface area (Å²) in [4.78, 5) is 8.98. The van der Waals surface area contributed by atoms with Crippen molar-refractivity contribution < 1.29 is 17.9 Å². The van der Waals surface area contributed by atoms with Gasteiger partial charge < -0.3 is 10.1 Å². The topological polar surface area (TPSA) is 47.0 Å². The first-order valence-corrected chi connectivity index (χ1v) is 9.45. The van der Waals surface area contributed by atoms with Crippen molar-refractivity contribution >= 4 is 39.3 Å². The van der Waals surface area contributed by atoms with Crippen molar-refractivity contribution in [3.63, 3.8) is 0 Å². The molecule has 0 radical (unpaired) electrons. The summed E-state index contributed by atoms with van der Waals surface area (Å²) in [6.07, 6.45) is -2.08. The van der Waals surface area contributed by atoms with Crippen molar-refractivity contribution in [2.24, 2.45) is 0 Å². The third-order valence-electron chi connectivity index (χ3n) is 4.49. The minimum Gasteiger partial charge on any atom is -0.492 e. The maximum Gasteiger partial charge on any atom is 0.266 e. The molecule has 8 heteroatoms. The van der Waals surface area contributed by atoms with Crippen molar-refractivity contribution in [2.45, 2.75) is 26.3 Å². The molecule has 3 aromatic rings. The lowest BCUT2D eigenvalue weighted by atomic mass is 10.1. The number of aryl methyl sites for hydroxylation is 1. The maximum absolute atomic E-state index is 14.3. The van der Waals surface area contributed by atoms with E-state index in [0.717, 1.165) is 38.3 Å². The lowest BCUT2D eigenvalue weighted by molar-refractivity contribution is 0.146. The largest absolute Gasteiger partial charge is 0.492 e. The Morgan fingerprint density at radius 2 is 2.11 bits per heavy atom. The molecule has 0 saturated carbocycles. The molecule has 1 aromatic heterocycles. The number of hydrogen-bond donors (Lipinski definition) is 1. The number of aromatic nitrogens is 2. The van der Waals surface area contributed by atoms with Crippen LogP contribution in [0.3, 0.4) is 0 Å². The molecule has 2 heterocycles. The summed E-state index contributed by atoms with van der Waals surface area (Å²) in [5, 5.41) is 3.90. The number of alkyl halides is 2. The van der Waals surface area contributed by atoms with Crippen LogP contribution in [0.1, 0.15) is 28.9 Å². The van der Waals surface area contributed by atoms with Crippen LogP contribution in [-0.4, -0.2) is 16.6 Å². The highest BCUT2D eigenvalue weighted by atomic mass is 127. The minimum absolute atomic E-state index is 0.0438. The highest BCUT2D eigenvalue weighted by molar-refractivity contribution is 14.1. The number of ether oxygens (including phenoxy) is 1. The quantitative estimate of drug-likeness (QED) is 0.519. The smallest absolute Gasteiger partial charge is 0.266 e. The molecule has 140 valence electrons. The second kappa shape index (κ2) is 7.14. The summed E-state index contributed by atoms with van der Waals surface area (Å²) in [6.45, 7) is 2.44. The Morgan fingerprint density at radius 1 is 1.30 bits per heavy atom. The van der Waals surface area contributed by atoms with Crippen LogP contribution in [0, 0.1) is 16.3 Å². The molecule has 27 heavy (non-hydrogen) atoms. The first-order chi connectivity index (χ1) is 13.0. The molecule has 0 amide bonds. The Labute approximate surface area is 167 Å². The lowest BCUT2D eigenvalue weighted by Crippen LogP contribution is -2.08. The third kappa shape index (κ3) is 3.30. The first kappa shape index (κ1) is 18.3. The molecule has 4 rings (SSSR count). The zero-order chi connectivity index (χ0) is 19.1. The van der Waals surface area contributed by atoms with Crippen molar-refractivity contribution in [3.05, 3.63) is 56.2 Å². The van der Waals surface area contributed by atoms with Crippen LogP contribution in [0.2, 0.25) is 0 Å². The number of nitrogens with zero attached hydrogens (tertiary/aromatic N) is 2. The minimum atomic E-state index is -2.85. The van der Waals surface area contributed by atoms with Crippen molar-refractivity contribution in [1.82, 2.24) is 9.97 Å². The number of nitrogens with one attached hydrogen (secondary N) is 1. The number of halogens is 4. The highest BCUT2D eigenvalue weighted by Crippen LogP contribution is 2.38. The van der Waals surface area contributed by atoms with Gasteiger partial charge in [0.05, 0.1) is 21.3 Å². The number of benzene rings is 2. The number of fused-ring (bicyclic) bond motifs is 3. The van der Waals surface area contributed by atoms with Gasteiger partial charge in [0, 0.05) is 29.5 Å². The highest BCUT2D eigenvalue weighted by Gasteiger charge is 2.22. The van der Waals surface area contributed by atoms with Gasteiger partial charge >= 0.3 is 0 Å². The standard InChI is InChI=1S/C19H15F3IN3O/c1-9-25-16-12-5-6-27-17(12)14(23)7-13(16)19(26-9)24-8-10-3-2-4-11(15(10)20)18(21)22/h2-4,7,18H,5-6,8H2,1H3,(H,24,25,26). The van der Waals surface area contributed by atoms with E-state index < -0.39 is 17.8 Å². The fourth-order valence-corrected chi connectivity index (χ4v) is 4.05. The van der Waals surface area contributed by atoms with Gasteiger partial charge in [0.1, 0.15) is 23.2 Å². The molecule has 1 N–H and O–H groups in total. The van der Waals surface area contributed by atoms with E-state index in [0.29, 0.717) is 18.2 Å². The number of hydrogen-bond acceptors (Lipinski definition) is 4. The molecule has 0 saturated heterocycles. The summed E-state index contributed by atoms with van der Waals surface area (Å²) in [5.41, 5.74) is 1.41. The van der Waals surface area contributed by atoms with Crippen molar-refractivity contribution in [3.8, 4) is 5.75 Å². The van der Waals surface area contributed by atoms with E-state index in [4.69, 9.17) is 4.74 Å². The van der Waals surface area contributed by atoms with Gasteiger partial charge in [-0.3, -0.25) is 0 Å². The Kier molecular flexibility index (Phi) is 4.83. The summed E-state index contributed by atoms with van der Waals surface area (Å²) >= 11 is 2.20. The molecule has 0 atom stereocenters. The number of anilines is 1. The van der Waals surface area contributed by atoms with Gasteiger partial charge in [0.25, 0.3) is 6.43 Å². The molecule has 1 aliphatic heterocycles. The third-order valence-corrected chi connectivity index (χ3v) is 5.30. The fraction of sp³-hybridized carbons (Fsp3) is 0.263. The zero-order valence-electron chi connectivity index (χ0n) is 14.3. The summed E-state index contributed by atoms with van der Waals surface area (Å²) in [5.74, 6) is 1.08. The second-order valence-corrected chi connectivity index (χ2v) is 7.42. The van der Waals surface area contributed by atoms with Gasteiger partial charge in [-0.1, -0.05) is 18.2 Å². The van der Waals surface area contributed by atoms with E-state index in [-0.39, 0.29) is 12.1 Å². The van der Waals surface area contributed by atoms with Crippen LogP contribution in [0.5, 0.6) is 5.75 Å². The fourth-order valence-electron chi connectivity index (χ4n) is 3.25. The molecule has 0 aliphatic carbocycles. The lowest BCUT2D eigenvalue weighted by Gasteiger charge is -2.14. The van der Waals surface area contributed by atoms with Crippen LogP contribution >= 0.6 is 22.6 Å². The van der Waals surface area contributed by atoms with E-state index >= 15 is 0 Å². The second-order valence-electron chi connectivity index (χ2n) is 6.25. The Hall–Kier alpha value is -2.10. The van der Waals surface area contributed by atoms with Crippen LogP contribution in [-0.2, 0) is 13.0 Å². The normalized spacial score (nSPS) is 13.1. The molecule has 0 spiro atoms. The van der Waals surface area contributed by atoms with Crippen molar-refractivity contribution in [1.29, 1.82) is 0 Å². The van der Waals surface area contributed by atoms with E-state index in [9.17, 15) is 13.2 Å². The average molecular weight is 485 g/mol. The molecule has 0 unspecified atom stereocenters. The summed E-state index contributed by atoms with van der Waals surface area (Å²) in [7, 11) is 0. The van der Waals surface area contributed by atoms with E-state index in [1.807, 2.05) is 6.07 Å². The van der Waals surface area contributed by atoms with E-state index in [2.05, 4.69) is 37.9 Å². The predicted octanol–water partition coefficient (Wildman–Crippen LogP) is 5.17. The molecule has 4 nitrogen and oxygen atoms in total. The monoisotopic (exact) mass is 485 g/mol. The van der Waals surface area contributed by atoms with Crippen LogP contribution in [0.15, 0.2) is 24.3 Å². The molecular weight excluding hydrogens is 470 g/mol. The Morgan fingerprint density at radius 3 is 2.89 bits per heavy atom. The van der Waals surface area contributed by atoms with E-state index in [1.165, 1.54) is 12.1 Å². The van der Waals surface area contributed by atoms with Crippen LogP contribution in [0.25, 0.3) is 10.9 Å². The number of rotatable bonds is 4. The summed E-state index contributed by atoms with van der Waals surface area (Å²) < 4.78 is 46.8. The molecule has 0 bridgehead atoms. The van der Waals surface area contributed by atoms with Gasteiger partial charge in [-0.15, -0.1) is 0 Å². The van der Waals surface area contributed by atoms with Gasteiger partial charge in [-0.05, 0) is 35.6 Å². The van der Waals surface area contributed by atoms with Gasteiger partial charge in [0.15, 0.2) is 0 Å². The Bertz CT molecular complexity index is 1040. The average Bonchev–Trinajstić information content (AvgIpc) is 3.12. The molecular formula is C19H15F3IN3O. The zero-order valence-corrected chi connectivity index (χ0v) is 16.5. The van der Waals surface area contributed by atoms with Gasteiger partial charge in [-0.2, -0.15) is 0 Å². The molecule has 1 aliphatic rings.